The van der Waals surface area contributed by atoms with Gasteiger partial charge in [0, 0.05) is 16.9 Å². The van der Waals surface area contributed by atoms with E-state index in [1.807, 2.05) is 0 Å². The molecule has 4 rings (SSSR count). The summed E-state index contributed by atoms with van der Waals surface area (Å²) in [6.45, 7) is 6.74. The molecule has 0 N–H and O–H groups in total. The van der Waals surface area contributed by atoms with Crippen molar-refractivity contribution in [2.75, 3.05) is 4.90 Å². The van der Waals surface area contributed by atoms with Gasteiger partial charge in [-0.15, -0.1) is 0 Å². The Hall–Kier alpha value is -3.06. The SMILES string of the molecule is CC(C)(C)N(c1ccccc1)c1ccc(-c2ccc3ccccc3c2)cc1. The molecule has 0 aliphatic rings. The molecule has 0 saturated heterocycles. The number of para-hydroxylation sites is 1. The third kappa shape index (κ3) is 3.59. The summed E-state index contributed by atoms with van der Waals surface area (Å²) < 4.78 is 0. The quantitative estimate of drug-likeness (QED) is 0.370. The van der Waals surface area contributed by atoms with Crippen molar-refractivity contribution in [1.82, 2.24) is 0 Å². The van der Waals surface area contributed by atoms with Gasteiger partial charge in [0.15, 0.2) is 0 Å². The molecule has 0 bridgehead atoms. The largest absolute Gasteiger partial charge is 0.336 e. The van der Waals surface area contributed by atoms with Gasteiger partial charge >= 0.3 is 0 Å². The van der Waals surface area contributed by atoms with Gasteiger partial charge < -0.3 is 4.90 Å². The lowest BCUT2D eigenvalue weighted by Gasteiger charge is -2.38. The highest BCUT2D eigenvalue weighted by molar-refractivity contribution is 5.87. The molecular weight excluding hydrogens is 326 g/mol. The Labute approximate surface area is 161 Å². The van der Waals surface area contributed by atoms with Crippen LogP contribution in [0.2, 0.25) is 0 Å². The maximum atomic E-state index is 2.39. The first-order valence-corrected chi connectivity index (χ1v) is 9.47. The number of hydrogen-bond donors (Lipinski definition) is 0. The third-order valence-electron chi connectivity index (χ3n) is 4.89. The second-order valence-corrected chi connectivity index (χ2v) is 7.95. The number of rotatable bonds is 3. The van der Waals surface area contributed by atoms with Crippen LogP contribution >= 0.6 is 0 Å². The van der Waals surface area contributed by atoms with Crippen LogP contribution in [0.25, 0.3) is 21.9 Å². The van der Waals surface area contributed by atoms with E-state index in [-0.39, 0.29) is 5.54 Å². The molecule has 0 spiro atoms. The summed E-state index contributed by atoms with van der Waals surface area (Å²) in [5, 5.41) is 2.56. The molecule has 0 amide bonds. The fraction of sp³-hybridized carbons (Fsp3) is 0.154. The zero-order valence-electron chi connectivity index (χ0n) is 16.2. The summed E-state index contributed by atoms with van der Waals surface area (Å²) in [4.78, 5) is 2.39. The molecule has 0 aliphatic carbocycles. The molecule has 4 aromatic carbocycles. The van der Waals surface area contributed by atoms with Crippen molar-refractivity contribution in [2.45, 2.75) is 26.3 Å². The van der Waals surface area contributed by atoms with E-state index in [0.29, 0.717) is 0 Å². The number of hydrogen-bond acceptors (Lipinski definition) is 1. The molecule has 1 heteroatoms. The number of benzene rings is 4. The third-order valence-corrected chi connectivity index (χ3v) is 4.89. The van der Waals surface area contributed by atoms with Crippen LogP contribution in [0.1, 0.15) is 20.8 Å². The summed E-state index contributed by atoms with van der Waals surface area (Å²) in [7, 11) is 0. The monoisotopic (exact) mass is 351 g/mol. The van der Waals surface area contributed by atoms with E-state index < -0.39 is 0 Å². The maximum Gasteiger partial charge on any atom is 0.0416 e. The van der Waals surface area contributed by atoms with Crippen molar-refractivity contribution in [3.8, 4) is 11.1 Å². The summed E-state index contributed by atoms with van der Waals surface area (Å²) in [5.41, 5.74) is 4.90. The average molecular weight is 351 g/mol. The zero-order chi connectivity index (χ0) is 18.9. The van der Waals surface area contributed by atoms with Crippen LogP contribution in [0, 0.1) is 0 Å². The molecule has 0 aromatic heterocycles. The molecule has 1 nitrogen and oxygen atoms in total. The molecule has 0 saturated carbocycles. The van der Waals surface area contributed by atoms with Gasteiger partial charge in [0.05, 0.1) is 0 Å². The van der Waals surface area contributed by atoms with Crippen LogP contribution in [0.15, 0.2) is 97.1 Å². The van der Waals surface area contributed by atoms with E-state index in [0.717, 1.165) is 0 Å². The topological polar surface area (TPSA) is 3.24 Å². The summed E-state index contributed by atoms with van der Waals surface area (Å²) in [6, 6.07) is 34.7. The van der Waals surface area contributed by atoms with Crippen LogP contribution in [-0.2, 0) is 0 Å². The van der Waals surface area contributed by atoms with Gasteiger partial charge in [0.1, 0.15) is 0 Å². The van der Waals surface area contributed by atoms with Gasteiger partial charge in [-0.1, -0.05) is 66.7 Å². The Kier molecular flexibility index (Phi) is 4.45. The van der Waals surface area contributed by atoms with Crippen LogP contribution in [0.4, 0.5) is 11.4 Å². The number of fused-ring (bicyclic) bond motifs is 1. The van der Waals surface area contributed by atoms with Crippen molar-refractivity contribution >= 4 is 22.1 Å². The Morgan fingerprint density at radius 3 is 1.74 bits per heavy atom. The second kappa shape index (κ2) is 6.92. The van der Waals surface area contributed by atoms with E-state index >= 15 is 0 Å². The number of nitrogens with zero attached hydrogens (tertiary/aromatic N) is 1. The molecule has 0 fully saturated rings. The highest BCUT2D eigenvalue weighted by atomic mass is 15.2. The highest BCUT2D eigenvalue weighted by Gasteiger charge is 2.23. The second-order valence-electron chi connectivity index (χ2n) is 7.95. The first kappa shape index (κ1) is 17.4. The van der Waals surface area contributed by atoms with Gasteiger partial charge in [-0.2, -0.15) is 0 Å². The molecule has 0 heterocycles. The minimum atomic E-state index is -0.00812. The van der Waals surface area contributed by atoms with Gasteiger partial charge in [0.25, 0.3) is 0 Å². The maximum absolute atomic E-state index is 2.39. The molecule has 0 unspecified atom stereocenters. The summed E-state index contributed by atoms with van der Waals surface area (Å²) >= 11 is 0. The van der Waals surface area contributed by atoms with Crippen LogP contribution in [0.5, 0.6) is 0 Å². The first-order chi connectivity index (χ1) is 13.0. The summed E-state index contributed by atoms with van der Waals surface area (Å²) in [6.07, 6.45) is 0. The van der Waals surface area contributed by atoms with Gasteiger partial charge in [-0.3, -0.25) is 0 Å². The minimum absolute atomic E-state index is 0.00812. The number of anilines is 2. The highest BCUT2D eigenvalue weighted by Crippen LogP contribution is 2.34. The van der Waals surface area contributed by atoms with E-state index in [4.69, 9.17) is 0 Å². The van der Waals surface area contributed by atoms with Crippen LogP contribution in [-0.4, -0.2) is 5.54 Å². The van der Waals surface area contributed by atoms with E-state index in [9.17, 15) is 0 Å². The predicted octanol–water partition coefficient (Wildman–Crippen LogP) is 7.44. The molecule has 0 aliphatic heterocycles. The van der Waals surface area contributed by atoms with Crippen LogP contribution in [0.3, 0.4) is 0 Å². The zero-order valence-corrected chi connectivity index (χ0v) is 16.2. The predicted molar refractivity (Wildman–Crippen MR) is 118 cm³/mol. The van der Waals surface area contributed by atoms with Gasteiger partial charge in [0.2, 0.25) is 0 Å². The smallest absolute Gasteiger partial charge is 0.0416 e. The molecule has 0 radical (unpaired) electrons. The Morgan fingerprint density at radius 1 is 0.519 bits per heavy atom. The molecular formula is C26H25N. The van der Waals surface area contributed by atoms with E-state index in [2.05, 4.69) is 123 Å². The fourth-order valence-electron chi connectivity index (χ4n) is 3.67. The molecule has 4 aromatic rings. The van der Waals surface area contributed by atoms with Gasteiger partial charge in [-0.05, 0) is 73.0 Å². The Balaban J connectivity index is 1.71. The normalized spacial score (nSPS) is 11.5. The van der Waals surface area contributed by atoms with Crippen molar-refractivity contribution in [2.24, 2.45) is 0 Å². The van der Waals surface area contributed by atoms with Crippen molar-refractivity contribution in [3.05, 3.63) is 97.1 Å². The molecule has 0 atom stereocenters. The lowest BCUT2D eigenvalue weighted by Crippen LogP contribution is -2.37. The lowest BCUT2D eigenvalue weighted by atomic mass is 9.99. The van der Waals surface area contributed by atoms with Crippen LogP contribution < -0.4 is 4.90 Å². The Morgan fingerprint density at radius 2 is 1.07 bits per heavy atom. The summed E-state index contributed by atoms with van der Waals surface area (Å²) in [5.74, 6) is 0. The van der Waals surface area contributed by atoms with E-state index in [1.165, 1.54) is 33.3 Å². The van der Waals surface area contributed by atoms with E-state index in [1.54, 1.807) is 0 Å². The van der Waals surface area contributed by atoms with Gasteiger partial charge in [-0.25, -0.2) is 0 Å². The van der Waals surface area contributed by atoms with Crippen molar-refractivity contribution in [3.63, 3.8) is 0 Å². The van der Waals surface area contributed by atoms with Crippen molar-refractivity contribution < 1.29 is 0 Å². The van der Waals surface area contributed by atoms with Crippen molar-refractivity contribution in [1.29, 1.82) is 0 Å². The molecule has 134 valence electrons. The average Bonchev–Trinajstić information content (AvgIpc) is 2.68. The first-order valence-electron chi connectivity index (χ1n) is 9.47. The minimum Gasteiger partial charge on any atom is -0.336 e. The standard InChI is InChI=1S/C26H25N/c1-26(2,3)27(24-11-5-4-6-12-24)25-17-15-21(16-18-25)23-14-13-20-9-7-8-10-22(20)19-23/h4-19H,1-3H3. The fourth-order valence-corrected chi connectivity index (χ4v) is 3.67. The Bertz CT molecular complexity index is 1040. The lowest BCUT2D eigenvalue weighted by molar-refractivity contribution is 0.560. The molecule has 27 heavy (non-hydrogen) atoms.